The summed E-state index contributed by atoms with van der Waals surface area (Å²) in [5.74, 6) is -0.577. The zero-order valence-electron chi connectivity index (χ0n) is 12.4. The van der Waals surface area contributed by atoms with E-state index >= 15 is 0 Å². The highest BCUT2D eigenvalue weighted by Crippen LogP contribution is 2.06. The Morgan fingerprint density at radius 1 is 1.32 bits per heavy atom. The lowest BCUT2D eigenvalue weighted by Crippen LogP contribution is -2.32. The zero-order chi connectivity index (χ0) is 16.1. The number of anilines is 1. The molecule has 2 heterocycles. The molecule has 0 aliphatic carbocycles. The van der Waals surface area contributed by atoms with Crippen molar-refractivity contribution in [2.75, 3.05) is 5.32 Å². The Kier molecular flexibility index (Phi) is 4.95. The van der Waals surface area contributed by atoms with Gasteiger partial charge in [0.15, 0.2) is 0 Å². The Labute approximate surface area is 127 Å². The molecule has 4 N–H and O–H groups in total. The molecule has 116 valence electrons. The third-order valence-electron chi connectivity index (χ3n) is 3.17. The van der Waals surface area contributed by atoms with Gasteiger partial charge in [0.1, 0.15) is 6.04 Å². The number of carboxylic acid groups (broad SMARTS) is 1. The summed E-state index contributed by atoms with van der Waals surface area (Å²) in [6.45, 7) is 4.23. The summed E-state index contributed by atoms with van der Waals surface area (Å²) in [6.07, 6.45) is 1.87. The van der Waals surface area contributed by atoms with Crippen molar-refractivity contribution in [1.82, 2.24) is 20.2 Å². The van der Waals surface area contributed by atoms with E-state index in [0.717, 1.165) is 17.0 Å². The standard InChI is InChI=1S/C14H18N6O2/c1-8-9(2)19-20-14(18-8)17-7-10-3-4-11(16-6-10)5-12(15)13(21)22/h3-4,6,12H,5,7,15H2,1-2H3,(H,21,22)(H,17,18,20)/t12-/m0/s1. The number of aryl methyl sites for hydroxylation is 2. The molecule has 0 saturated heterocycles. The Bertz CT molecular complexity index is 659. The number of hydrogen-bond acceptors (Lipinski definition) is 7. The molecule has 2 aromatic heterocycles. The smallest absolute Gasteiger partial charge is 0.320 e. The first-order valence-electron chi connectivity index (χ1n) is 6.79. The molecule has 0 saturated carbocycles. The van der Waals surface area contributed by atoms with Crippen molar-refractivity contribution in [2.45, 2.75) is 32.9 Å². The molecule has 0 unspecified atom stereocenters. The van der Waals surface area contributed by atoms with E-state index in [9.17, 15) is 4.79 Å². The zero-order valence-corrected chi connectivity index (χ0v) is 12.4. The molecule has 8 nitrogen and oxygen atoms in total. The van der Waals surface area contributed by atoms with E-state index in [0.29, 0.717) is 18.2 Å². The molecule has 1 atom stereocenters. The lowest BCUT2D eigenvalue weighted by Gasteiger charge is -2.08. The summed E-state index contributed by atoms with van der Waals surface area (Å²) in [7, 11) is 0. The van der Waals surface area contributed by atoms with Gasteiger partial charge in [0.2, 0.25) is 5.95 Å². The largest absolute Gasteiger partial charge is 0.480 e. The summed E-state index contributed by atoms with van der Waals surface area (Å²) in [4.78, 5) is 19.2. The third-order valence-corrected chi connectivity index (χ3v) is 3.17. The summed E-state index contributed by atoms with van der Waals surface area (Å²) in [5.41, 5.74) is 8.66. The molecule has 0 spiro atoms. The molecule has 22 heavy (non-hydrogen) atoms. The first-order valence-corrected chi connectivity index (χ1v) is 6.79. The van der Waals surface area contributed by atoms with Crippen LogP contribution in [0.15, 0.2) is 18.3 Å². The number of nitrogens with zero attached hydrogens (tertiary/aromatic N) is 4. The van der Waals surface area contributed by atoms with E-state index in [-0.39, 0.29) is 6.42 Å². The normalized spacial score (nSPS) is 12.0. The molecule has 0 aromatic carbocycles. The van der Waals surface area contributed by atoms with Gasteiger partial charge in [-0.05, 0) is 25.5 Å². The van der Waals surface area contributed by atoms with Gasteiger partial charge < -0.3 is 16.2 Å². The fourth-order valence-corrected chi connectivity index (χ4v) is 1.71. The lowest BCUT2D eigenvalue weighted by atomic mass is 10.1. The average molecular weight is 302 g/mol. The van der Waals surface area contributed by atoms with Crippen molar-refractivity contribution in [2.24, 2.45) is 5.73 Å². The highest BCUT2D eigenvalue weighted by Gasteiger charge is 2.12. The maximum Gasteiger partial charge on any atom is 0.320 e. The molecule has 2 aromatic rings. The molecule has 0 radical (unpaired) electrons. The predicted molar refractivity (Wildman–Crippen MR) is 80.2 cm³/mol. The highest BCUT2D eigenvalue weighted by molar-refractivity contribution is 5.73. The summed E-state index contributed by atoms with van der Waals surface area (Å²) >= 11 is 0. The molecule has 0 fully saturated rings. The summed E-state index contributed by atoms with van der Waals surface area (Å²) in [5, 5.41) is 19.8. The van der Waals surface area contributed by atoms with E-state index in [1.807, 2.05) is 19.9 Å². The van der Waals surface area contributed by atoms with Crippen LogP contribution in [0.2, 0.25) is 0 Å². The van der Waals surface area contributed by atoms with Crippen LogP contribution in [0.4, 0.5) is 5.95 Å². The van der Waals surface area contributed by atoms with Gasteiger partial charge in [-0.2, -0.15) is 5.10 Å². The van der Waals surface area contributed by atoms with Crippen LogP contribution in [-0.4, -0.2) is 37.3 Å². The summed E-state index contributed by atoms with van der Waals surface area (Å²) < 4.78 is 0. The Morgan fingerprint density at radius 3 is 2.68 bits per heavy atom. The van der Waals surface area contributed by atoms with Crippen molar-refractivity contribution >= 4 is 11.9 Å². The van der Waals surface area contributed by atoms with Crippen LogP contribution in [-0.2, 0) is 17.8 Å². The molecule has 0 amide bonds. The van der Waals surface area contributed by atoms with Gasteiger partial charge in [0.05, 0.1) is 11.4 Å². The average Bonchev–Trinajstić information content (AvgIpc) is 2.49. The van der Waals surface area contributed by atoms with Crippen LogP contribution in [0, 0.1) is 13.8 Å². The number of carbonyl (C=O) groups is 1. The highest BCUT2D eigenvalue weighted by atomic mass is 16.4. The van der Waals surface area contributed by atoms with Crippen LogP contribution >= 0.6 is 0 Å². The number of aliphatic carboxylic acids is 1. The lowest BCUT2D eigenvalue weighted by molar-refractivity contribution is -0.138. The van der Waals surface area contributed by atoms with E-state index in [4.69, 9.17) is 10.8 Å². The van der Waals surface area contributed by atoms with Crippen LogP contribution in [0.5, 0.6) is 0 Å². The maximum atomic E-state index is 10.7. The van der Waals surface area contributed by atoms with Crippen LogP contribution in [0.1, 0.15) is 22.6 Å². The fraction of sp³-hybridized carbons (Fsp3) is 0.357. The molecule has 8 heteroatoms. The van der Waals surface area contributed by atoms with Crippen molar-refractivity contribution < 1.29 is 9.90 Å². The van der Waals surface area contributed by atoms with Gasteiger partial charge in [-0.15, -0.1) is 5.10 Å². The molecule has 2 rings (SSSR count). The molecular weight excluding hydrogens is 284 g/mol. The minimum Gasteiger partial charge on any atom is -0.480 e. The van der Waals surface area contributed by atoms with Crippen LogP contribution in [0.3, 0.4) is 0 Å². The third kappa shape index (κ3) is 4.19. The van der Waals surface area contributed by atoms with E-state index in [1.54, 1.807) is 12.3 Å². The van der Waals surface area contributed by atoms with Gasteiger partial charge >= 0.3 is 5.97 Å². The minimum atomic E-state index is -1.04. The number of nitrogens with two attached hydrogens (primary N) is 1. The second-order valence-corrected chi connectivity index (χ2v) is 4.97. The second kappa shape index (κ2) is 6.90. The quantitative estimate of drug-likeness (QED) is 0.702. The van der Waals surface area contributed by atoms with Crippen LogP contribution < -0.4 is 11.1 Å². The van der Waals surface area contributed by atoms with Gasteiger partial charge in [0.25, 0.3) is 0 Å². The number of nitrogens with one attached hydrogen (secondary N) is 1. The van der Waals surface area contributed by atoms with E-state index in [1.165, 1.54) is 0 Å². The minimum absolute atomic E-state index is 0.202. The molecular formula is C14H18N6O2. The second-order valence-electron chi connectivity index (χ2n) is 4.97. The number of aromatic nitrogens is 4. The number of hydrogen-bond donors (Lipinski definition) is 3. The number of pyridine rings is 1. The first-order chi connectivity index (χ1) is 10.5. The fourth-order valence-electron chi connectivity index (χ4n) is 1.71. The SMILES string of the molecule is Cc1nnc(NCc2ccc(C[C@H](N)C(=O)O)nc2)nc1C. The molecule has 0 aliphatic rings. The molecule has 0 bridgehead atoms. The van der Waals surface area contributed by atoms with Gasteiger partial charge in [-0.3, -0.25) is 9.78 Å². The number of carboxylic acids is 1. The van der Waals surface area contributed by atoms with Gasteiger partial charge in [-0.25, -0.2) is 4.98 Å². The predicted octanol–water partition coefficient (Wildman–Crippen LogP) is 0.450. The summed E-state index contributed by atoms with van der Waals surface area (Å²) in [6, 6.07) is 2.68. The van der Waals surface area contributed by atoms with Crippen molar-refractivity contribution in [3.63, 3.8) is 0 Å². The Morgan fingerprint density at radius 2 is 2.09 bits per heavy atom. The van der Waals surface area contributed by atoms with Crippen molar-refractivity contribution in [3.8, 4) is 0 Å². The Hall–Kier alpha value is -2.61. The van der Waals surface area contributed by atoms with Gasteiger partial charge in [-0.1, -0.05) is 6.07 Å². The Balaban J connectivity index is 1.93. The number of rotatable bonds is 6. The van der Waals surface area contributed by atoms with Crippen LogP contribution in [0.25, 0.3) is 0 Å². The topological polar surface area (TPSA) is 127 Å². The first kappa shape index (κ1) is 15.8. The van der Waals surface area contributed by atoms with E-state index < -0.39 is 12.0 Å². The monoisotopic (exact) mass is 302 g/mol. The molecule has 0 aliphatic heterocycles. The van der Waals surface area contributed by atoms with Crippen molar-refractivity contribution in [3.05, 3.63) is 41.0 Å². The maximum absolute atomic E-state index is 10.7. The van der Waals surface area contributed by atoms with Gasteiger partial charge in [0, 0.05) is 24.9 Å². The van der Waals surface area contributed by atoms with Crippen molar-refractivity contribution in [1.29, 1.82) is 0 Å². The van der Waals surface area contributed by atoms with E-state index in [2.05, 4.69) is 25.5 Å².